The predicted molar refractivity (Wildman–Crippen MR) is 125 cm³/mol. The minimum absolute atomic E-state index is 0.301. The Hall–Kier alpha value is -2.34. The highest BCUT2D eigenvalue weighted by Gasteiger charge is 2.26. The van der Waals surface area contributed by atoms with Crippen LogP contribution in [0.25, 0.3) is 0 Å². The highest BCUT2D eigenvalue weighted by molar-refractivity contribution is 7.85. The van der Waals surface area contributed by atoms with E-state index in [1.165, 1.54) is 5.56 Å². The second kappa shape index (κ2) is 11.7. The van der Waals surface area contributed by atoms with Gasteiger partial charge in [-0.25, -0.2) is 0 Å². The van der Waals surface area contributed by atoms with Crippen molar-refractivity contribution in [3.05, 3.63) is 65.7 Å². The summed E-state index contributed by atoms with van der Waals surface area (Å²) < 4.78 is 18.1. The number of ether oxygens (including phenoxy) is 1. The Balaban J connectivity index is 1.54. The highest BCUT2D eigenvalue weighted by atomic mass is 32.2. The number of rotatable bonds is 8. The maximum absolute atomic E-state index is 12.2. The molecule has 1 fully saturated rings. The molecule has 30 heavy (non-hydrogen) atoms. The van der Waals surface area contributed by atoms with Gasteiger partial charge in [-0.2, -0.15) is 0 Å². The van der Waals surface area contributed by atoms with Crippen LogP contribution >= 0.6 is 0 Å². The summed E-state index contributed by atoms with van der Waals surface area (Å²) in [5.41, 5.74) is 2.34. The van der Waals surface area contributed by atoms with Crippen LogP contribution in [0.5, 0.6) is 5.75 Å². The van der Waals surface area contributed by atoms with Crippen molar-refractivity contribution in [1.82, 2.24) is 10.6 Å². The molecule has 0 saturated heterocycles. The van der Waals surface area contributed by atoms with E-state index in [9.17, 15) is 4.21 Å². The molecular weight excluding hydrogens is 394 g/mol. The Morgan fingerprint density at radius 3 is 2.57 bits per heavy atom. The van der Waals surface area contributed by atoms with Crippen LogP contribution in [0.15, 0.2) is 59.6 Å². The van der Waals surface area contributed by atoms with Gasteiger partial charge in [0.05, 0.1) is 0 Å². The van der Waals surface area contributed by atoms with Crippen molar-refractivity contribution in [2.45, 2.75) is 57.1 Å². The first-order valence-corrected chi connectivity index (χ1v) is 12.2. The molecule has 0 aromatic heterocycles. The van der Waals surface area contributed by atoms with E-state index in [0.29, 0.717) is 24.4 Å². The van der Waals surface area contributed by atoms with Gasteiger partial charge in [-0.05, 0) is 42.5 Å². The Kier molecular flexibility index (Phi) is 8.75. The lowest BCUT2D eigenvalue weighted by Gasteiger charge is -2.30. The normalized spacial score (nSPS) is 20.4. The van der Waals surface area contributed by atoms with Gasteiger partial charge < -0.3 is 15.4 Å². The molecule has 3 unspecified atom stereocenters. The number of hydrogen-bond acceptors (Lipinski definition) is 3. The molecule has 3 atom stereocenters. The lowest BCUT2D eigenvalue weighted by atomic mass is 9.95. The zero-order valence-electron chi connectivity index (χ0n) is 18.0. The molecule has 0 amide bonds. The quantitative estimate of drug-likeness (QED) is 0.494. The molecule has 2 aromatic rings. The number of hydrogen-bond donors (Lipinski definition) is 2. The van der Waals surface area contributed by atoms with Crippen molar-refractivity contribution < 1.29 is 8.95 Å². The lowest BCUT2D eigenvalue weighted by Crippen LogP contribution is -2.46. The largest absolute Gasteiger partial charge is 0.489 e. The fraction of sp³-hybridized carbons (Fsp3) is 0.458. The molecule has 5 nitrogen and oxygen atoms in total. The monoisotopic (exact) mass is 427 g/mol. The summed E-state index contributed by atoms with van der Waals surface area (Å²) in [7, 11) is 1.08. The van der Waals surface area contributed by atoms with Crippen molar-refractivity contribution in [3.63, 3.8) is 0 Å². The summed E-state index contributed by atoms with van der Waals surface area (Å²) in [5, 5.41) is 7.27. The van der Waals surface area contributed by atoms with Gasteiger partial charge >= 0.3 is 0 Å². The molecule has 1 saturated carbocycles. The predicted octanol–water partition coefficient (Wildman–Crippen LogP) is 4.01. The van der Waals surface area contributed by atoms with E-state index >= 15 is 0 Å². The van der Waals surface area contributed by atoms with Crippen molar-refractivity contribution in [1.29, 1.82) is 0 Å². The van der Waals surface area contributed by atoms with Crippen molar-refractivity contribution in [2.24, 2.45) is 4.99 Å². The maximum atomic E-state index is 12.2. The fourth-order valence-electron chi connectivity index (χ4n) is 3.87. The van der Waals surface area contributed by atoms with Crippen LogP contribution in [-0.4, -0.2) is 34.3 Å². The molecule has 1 aliphatic carbocycles. The van der Waals surface area contributed by atoms with Crippen LogP contribution in [-0.2, 0) is 24.0 Å². The molecule has 0 aliphatic heterocycles. The van der Waals surface area contributed by atoms with Gasteiger partial charge in [-0.1, -0.05) is 55.8 Å². The molecule has 2 aromatic carbocycles. The van der Waals surface area contributed by atoms with E-state index < -0.39 is 10.8 Å². The molecule has 0 spiro atoms. The van der Waals surface area contributed by atoms with Gasteiger partial charge in [0, 0.05) is 41.4 Å². The number of aliphatic imine (C=N–C) groups is 1. The summed E-state index contributed by atoms with van der Waals surface area (Å²) in [6.07, 6.45) is 4.23. The number of para-hydroxylation sites is 1. The van der Waals surface area contributed by atoms with E-state index in [1.807, 2.05) is 49.4 Å². The van der Waals surface area contributed by atoms with Gasteiger partial charge in [0.15, 0.2) is 5.96 Å². The molecule has 2 N–H and O–H groups in total. The van der Waals surface area contributed by atoms with Crippen LogP contribution < -0.4 is 15.4 Å². The van der Waals surface area contributed by atoms with Crippen molar-refractivity contribution in [3.8, 4) is 5.75 Å². The average Bonchev–Trinajstić information content (AvgIpc) is 2.81. The van der Waals surface area contributed by atoms with E-state index in [0.717, 1.165) is 48.7 Å². The first kappa shape index (κ1) is 22.3. The third-order valence-electron chi connectivity index (χ3n) is 5.55. The molecule has 162 valence electrons. The van der Waals surface area contributed by atoms with Gasteiger partial charge in [-0.15, -0.1) is 0 Å². The first-order valence-electron chi connectivity index (χ1n) is 10.8. The minimum atomic E-state index is -0.720. The summed E-state index contributed by atoms with van der Waals surface area (Å²) in [6.45, 7) is 3.21. The van der Waals surface area contributed by atoms with Gasteiger partial charge in [0.1, 0.15) is 12.4 Å². The minimum Gasteiger partial charge on any atom is -0.489 e. The third-order valence-corrected chi connectivity index (χ3v) is 7.29. The summed E-state index contributed by atoms with van der Waals surface area (Å²) in [6, 6.07) is 18.5. The van der Waals surface area contributed by atoms with Crippen molar-refractivity contribution in [2.75, 3.05) is 12.8 Å². The SMILES string of the molecule is CCS(=O)C1CCCC(NC(=NC)NCc2ccccc2COc2ccccc2)C1. The number of nitrogens with zero attached hydrogens (tertiary/aromatic N) is 1. The van der Waals surface area contributed by atoms with E-state index in [2.05, 4.69) is 27.8 Å². The lowest BCUT2D eigenvalue weighted by molar-refractivity contribution is 0.305. The molecule has 6 heteroatoms. The van der Waals surface area contributed by atoms with Crippen LogP contribution in [0.4, 0.5) is 0 Å². The molecule has 1 aliphatic rings. The Bertz CT molecular complexity index is 841. The zero-order valence-corrected chi connectivity index (χ0v) is 18.8. The van der Waals surface area contributed by atoms with Crippen molar-refractivity contribution >= 4 is 16.8 Å². The number of nitrogens with one attached hydrogen (secondary N) is 2. The molecular formula is C24H33N3O2S. The number of benzene rings is 2. The molecule has 0 heterocycles. The van der Waals surface area contributed by atoms with E-state index in [4.69, 9.17) is 4.74 Å². The summed E-state index contributed by atoms with van der Waals surface area (Å²) in [4.78, 5) is 4.40. The molecule has 0 radical (unpaired) electrons. The first-order chi connectivity index (χ1) is 14.7. The summed E-state index contributed by atoms with van der Waals surface area (Å²) in [5.74, 6) is 2.41. The van der Waals surface area contributed by atoms with E-state index in [-0.39, 0.29) is 0 Å². The van der Waals surface area contributed by atoms with Gasteiger partial charge in [0.2, 0.25) is 0 Å². The van der Waals surface area contributed by atoms with Crippen LogP contribution in [0.3, 0.4) is 0 Å². The topological polar surface area (TPSA) is 62.7 Å². The molecule has 0 bridgehead atoms. The highest BCUT2D eigenvalue weighted by Crippen LogP contribution is 2.23. The second-order valence-electron chi connectivity index (χ2n) is 7.60. The van der Waals surface area contributed by atoms with Gasteiger partial charge in [0.25, 0.3) is 0 Å². The fourth-order valence-corrected chi connectivity index (χ4v) is 5.21. The maximum Gasteiger partial charge on any atom is 0.191 e. The second-order valence-corrected chi connectivity index (χ2v) is 9.60. The third kappa shape index (κ3) is 6.59. The van der Waals surface area contributed by atoms with Crippen LogP contribution in [0, 0.1) is 0 Å². The zero-order chi connectivity index (χ0) is 21.2. The Labute approximate surface area is 182 Å². The number of guanidine groups is 1. The van der Waals surface area contributed by atoms with E-state index in [1.54, 1.807) is 7.05 Å². The summed E-state index contributed by atoms with van der Waals surface area (Å²) >= 11 is 0. The smallest absolute Gasteiger partial charge is 0.191 e. The van der Waals surface area contributed by atoms with Crippen LogP contribution in [0.1, 0.15) is 43.7 Å². The van der Waals surface area contributed by atoms with Gasteiger partial charge in [-0.3, -0.25) is 9.20 Å². The Morgan fingerprint density at radius 2 is 1.83 bits per heavy atom. The standard InChI is InChI=1S/C24H33N3O2S/c1-3-30(28)23-15-9-12-21(16-23)27-24(25-2)26-17-19-10-7-8-11-20(19)18-29-22-13-5-4-6-14-22/h4-8,10-11,13-14,21,23H,3,9,12,15-18H2,1-2H3,(H2,25,26,27). The molecule has 3 rings (SSSR count). The van der Waals surface area contributed by atoms with Crippen LogP contribution in [0.2, 0.25) is 0 Å². The average molecular weight is 428 g/mol. The Morgan fingerprint density at radius 1 is 1.10 bits per heavy atom.